The van der Waals surface area contributed by atoms with Crippen molar-refractivity contribution in [1.29, 1.82) is 0 Å². The van der Waals surface area contributed by atoms with Gasteiger partial charge in [-0.25, -0.2) is 0 Å². The molecule has 2 aromatic rings. The Kier molecular flexibility index (Phi) is 7.15. The lowest BCUT2D eigenvalue weighted by atomic mass is 9.93. The van der Waals surface area contributed by atoms with Gasteiger partial charge < -0.3 is 15.5 Å². The minimum atomic E-state index is -1.20. The molecule has 31 heavy (non-hydrogen) atoms. The van der Waals surface area contributed by atoms with Crippen LogP contribution >= 0.6 is 23.2 Å². The Hall–Kier alpha value is -2.68. The Balaban J connectivity index is 1.83. The van der Waals surface area contributed by atoms with Crippen LogP contribution in [0.3, 0.4) is 0 Å². The number of hydrogen-bond donors (Lipinski definition) is 2. The van der Waals surface area contributed by atoms with E-state index in [1.165, 1.54) is 4.90 Å². The van der Waals surface area contributed by atoms with Crippen LogP contribution in [0.25, 0.3) is 10.8 Å². The molecule has 1 aliphatic rings. The quantitative estimate of drug-likeness (QED) is 0.461. The Labute approximate surface area is 189 Å². The zero-order chi connectivity index (χ0) is 22.7. The zero-order valence-electron chi connectivity index (χ0n) is 17.1. The molecule has 4 amide bonds. The van der Waals surface area contributed by atoms with Crippen LogP contribution in [0.2, 0.25) is 0 Å². The molecule has 0 atom stereocenters. The number of imide groups is 1. The van der Waals surface area contributed by atoms with Crippen molar-refractivity contribution >= 4 is 63.3 Å². The zero-order valence-corrected chi connectivity index (χ0v) is 18.6. The number of carbonyl (C=O) groups is 4. The van der Waals surface area contributed by atoms with E-state index in [9.17, 15) is 19.2 Å². The maximum Gasteiger partial charge on any atom is 0.261 e. The molecule has 0 aliphatic carbocycles. The van der Waals surface area contributed by atoms with E-state index in [1.807, 2.05) is 19.0 Å². The van der Waals surface area contributed by atoms with Crippen LogP contribution in [-0.2, 0) is 9.59 Å². The van der Waals surface area contributed by atoms with Crippen molar-refractivity contribution < 1.29 is 19.2 Å². The van der Waals surface area contributed by atoms with Gasteiger partial charge in [0.2, 0.25) is 5.91 Å². The van der Waals surface area contributed by atoms with Crippen molar-refractivity contribution in [3.63, 3.8) is 0 Å². The largest absolute Gasteiger partial charge is 0.353 e. The van der Waals surface area contributed by atoms with Gasteiger partial charge in [-0.2, -0.15) is 0 Å². The van der Waals surface area contributed by atoms with Crippen LogP contribution in [0, 0.1) is 0 Å². The maximum atomic E-state index is 13.1. The third-order valence-corrected chi connectivity index (χ3v) is 5.23. The number of alkyl halides is 2. The number of anilines is 1. The molecule has 0 saturated carbocycles. The van der Waals surface area contributed by atoms with Gasteiger partial charge in [-0.05, 0) is 37.7 Å². The van der Waals surface area contributed by atoms with Gasteiger partial charge >= 0.3 is 0 Å². The van der Waals surface area contributed by atoms with Crippen LogP contribution in [0.1, 0.15) is 27.1 Å². The van der Waals surface area contributed by atoms with Gasteiger partial charge in [0.15, 0.2) is 4.84 Å². The first-order valence-corrected chi connectivity index (χ1v) is 10.5. The summed E-state index contributed by atoms with van der Waals surface area (Å²) in [7, 11) is 3.73. The molecule has 1 aliphatic heterocycles. The minimum absolute atomic E-state index is 0.00103. The van der Waals surface area contributed by atoms with Gasteiger partial charge in [-0.3, -0.25) is 24.1 Å². The highest BCUT2D eigenvalue weighted by molar-refractivity contribution is 6.53. The number of carbonyl (C=O) groups excluding carboxylic acids is 4. The third-order valence-electron chi connectivity index (χ3n) is 4.83. The van der Waals surface area contributed by atoms with Crippen LogP contribution < -0.4 is 10.6 Å². The summed E-state index contributed by atoms with van der Waals surface area (Å²) in [6.45, 7) is 0.867. The highest BCUT2D eigenvalue weighted by atomic mass is 35.5. The summed E-state index contributed by atoms with van der Waals surface area (Å²) < 4.78 is 0. The van der Waals surface area contributed by atoms with Crippen molar-refractivity contribution in [2.75, 3.05) is 39.0 Å². The van der Waals surface area contributed by atoms with Gasteiger partial charge in [0.25, 0.3) is 17.7 Å². The molecule has 10 heteroatoms. The van der Waals surface area contributed by atoms with E-state index in [-0.39, 0.29) is 31.3 Å². The number of rotatable bonds is 8. The Morgan fingerprint density at radius 3 is 2.48 bits per heavy atom. The van der Waals surface area contributed by atoms with Crippen molar-refractivity contribution in [2.45, 2.75) is 11.3 Å². The molecule has 0 radical (unpaired) electrons. The Bertz CT molecular complexity index is 1060. The summed E-state index contributed by atoms with van der Waals surface area (Å²) in [6, 6.07) is 8.52. The fourth-order valence-corrected chi connectivity index (χ4v) is 3.49. The number of likely N-dealkylation sites (N-methyl/N-ethyl adjacent to an activating group) is 1. The molecule has 0 spiro atoms. The summed E-state index contributed by atoms with van der Waals surface area (Å²) in [4.78, 5) is 51.5. The average molecular weight is 465 g/mol. The molecular weight excluding hydrogens is 443 g/mol. The second-order valence-electron chi connectivity index (χ2n) is 7.38. The predicted octanol–water partition coefficient (Wildman–Crippen LogP) is 2.25. The number of benzene rings is 2. The second-order valence-corrected chi connectivity index (χ2v) is 8.48. The van der Waals surface area contributed by atoms with Gasteiger partial charge in [0.1, 0.15) is 0 Å². The molecule has 0 fully saturated rings. The number of hydrogen-bond acceptors (Lipinski definition) is 5. The van der Waals surface area contributed by atoms with Gasteiger partial charge in [0.05, 0.1) is 5.56 Å². The lowest BCUT2D eigenvalue weighted by molar-refractivity contribution is -0.119. The Morgan fingerprint density at radius 1 is 1.10 bits per heavy atom. The standard InChI is InChI=1S/C21H22Cl2N4O4/c1-26(2)8-9-27-20(30)14-5-3-4-12-10-13(11-15(17(12)14)21(27)31)25-16(28)6-7-24-19(29)18(22)23/h3-5,10-11,18H,6-9H2,1-2H3,(H,24,29)(H,25,28). The minimum Gasteiger partial charge on any atom is -0.353 e. The first-order chi connectivity index (χ1) is 14.7. The van der Waals surface area contributed by atoms with E-state index in [1.54, 1.807) is 30.3 Å². The van der Waals surface area contributed by atoms with E-state index < -0.39 is 16.7 Å². The van der Waals surface area contributed by atoms with E-state index in [2.05, 4.69) is 10.6 Å². The third kappa shape index (κ3) is 5.15. The summed E-state index contributed by atoms with van der Waals surface area (Å²) in [5, 5.41) is 6.44. The molecule has 0 aromatic heterocycles. The van der Waals surface area contributed by atoms with Crippen LogP contribution in [0.4, 0.5) is 5.69 Å². The molecule has 0 unspecified atom stereocenters. The van der Waals surface area contributed by atoms with Crippen molar-refractivity contribution in [1.82, 2.24) is 15.1 Å². The van der Waals surface area contributed by atoms with Crippen LogP contribution in [0.15, 0.2) is 30.3 Å². The van der Waals surface area contributed by atoms with E-state index in [4.69, 9.17) is 23.2 Å². The highest BCUT2D eigenvalue weighted by Gasteiger charge is 2.33. The lowest BCUT2D eigenvalue weighted by Crippen LogP contribution is -2.43. The molecule has 0 saturated heterocycles. The second kappa shape index (κ2) is 9.64. The Morgan fingerprint density at radius 2 is 1.81 bits per heavy atom. The van der Waals surface area contributed by atoms with Crippen molar-refractivity contribution in [3.05, 3.63) is 41.5 Å². The van der Waals surface area contributed by atoms with E-state index in [0.717, 1.165) is 0 Å². The molecule has 1 heterocycles. The predicted molar refractivity (Wildman–Crippen MR) is 120 cm³/mol. The first kappa shape index (κ1) is 23.0. The number of halogens is 2. The molecule has 164 valence electrons. The normalized spacial score (nSPS) is 13.3. The van der Waals surface area contributed by atoms with E-state index in [0.29, 0.717) is 34.1 Å². The van der Waals surface area contributed by atoms with Gasteiger partial charge in [0, 0.05) is 42.7 Å². The molecular formula is C21H22Cl2N4O4. The molecule has 0 bridgehead atoms. The SMILES string of the molecule is CN(C)CCN1C(=O)c2cccc3cc(NC(=O)CCNC(=O)C(Cl)Cl)cc(c23)C1=O. The van der Waals surface area contributed by atoms with Crippen molar-refractivity contribution in [3.8, 4) is 0 Å². The number of nitrogens with zero attached hydrogens (tertiary/aromatic N) is 2. The fourth-order valence-electron chi connectivity index (χ4n) is 3.33. The van der Waals surface area contributed by atoms with Gasteiger partial charge in [-0.1, -0.05) is 35.3 Å². The monoisotopic (exact) mass is 464 g/mol. The first-order valence-electron chi connectivity index (χ1n) is 9.62. The fraction of sp³-hybridized carbons (Fsp3) is 0.333. The summed E-state index contributed by atoms with van der Waals surface area (Å²) in [6.07, 6.45) is 0.00103. The summed E-state index contributed by atoms with van der Waals surface area (Å²) >= 11 is 10.9. The van der Waals surface area contributed by atoms with E-state index >= 15 is 0 Å². The summed E-state index contributed by atoms with van der Waals surface area (Å²) in [5.41, 5.74) is 1.25. The smallest absolute Gasteiger partial charge is 0.261 e. The molecule has 2 aromatic carbocycles. The lowest BCUT2D eigenvalue weighted by Gasteiger charge is -2.28. The number of nitrogens with one attached hydrogen (secondary N) is 2. The van der Waals surface area contributed by atoms with Crippen LogP contribution in [0.5, 0.6) is 0 Å². The molecule has 3 rings (SSSR count). The maximum absolute atomic E-state index is 13.1. The summed E-state index contributed by atoms with van der Waals surface area (Å²) in [5.74, 6) is -1.65. The van der Waals surface area contributed by atoms with Crippen molar-refractivity contribution in [2.24, 2.45) is 0 Å². The molecule has 2 N–H and O–H groups in total. The highest BCUT2D eigenvalue weighted by Crippen LogP contribution is 2.32. The average Bonchev–Trinajstić information content (AvgIpc) is 2.71. The van der Waals surface area contributed by atoms with Gasteiger partial charge in [-0.15, -0.1) is 0 Å². The van der Waals surface area contributed by atoms with Crippen LogP contribution in [-0.4, -0.2) is 72.0 Å². The molecule has 8 nitrogen and oxygen atoms in total. The topological polar surface area (TPSA) is 98.8 Å². The number of amides is 4.